The highest BCUT2D eigenvalue weighted by atomic mass is 35.5. The summed E-state index contributed by atoms with van der Waals surface area (Å²) in [5.74, 6) is 0.656. The molecular weight excluding hydrogens is 436 g/mol. The van der Waals surface area contributed by atoms with Crippen LogP contribution in [0.25, 0.3) is 0 Å². The lowest BCUT2D eigenvalue weighted by molar-refractivity contribution is -0.142. The second-order valence-corrected chi connectivity index (χ2v) is 7.05. The van der Waals surface area contributed by atoms with Gasteiger partial charge in [0.1, 0.15) is 42.5 Å². The topological polar surface area (TPSA) is 134 Å². The summed E-state index contributed by atoms with van der Waals surface area (Å²) in [6.07, 6.45) is 3.00. The van der Waals surface area contributed by atoms with Gasteiger partial charge in [-0.2, -0.15) is 0 Å². The fourth-order valence-electron chi connectivity index (χ4n) is 2.94. The number of methoxy groups -OCH3 is 1. The smallest absolute Gasteiger partial charge is 0.334 e. The van der Waals surface area contributed by atoms with Gasteiger partial charge in [0.05, 0.1) is 17.8 Å². The molecule has 0 saturated heterocycles. The van der Waals surface area contributed by atoms with Crippen LogP contribution in [0, 0.1) is 0 Å². The quantitative estimate of drug-likeness (QED) is 0.516. The number of carbonyl (C=O) groups is 1. The number of nitrogen functional groups attached to an aromatic ring is 1. The fourth-order valence-corrected chi connectivity index (χ4v) is 3.17. The Bertz CT molecular complexity index is 1160. The number of nitrogens with two attached hydrogens (primary N) is 1. The van der Waals surface area contributed by atoms with Gasteiger partial charge in [0.15, 0.2) is 6.04 Å². The summed E-state index contributed by atoms with van der Waals surface area (Å²) < 4.78 is 16.0. The average Bonchev–Trinajstić information content (AvgIpc) is 3.28. The second kappa shape index (κ2) is 9.48. The third-order valence-corrected chi connectivity index (χ3v) is 4.81. The molecule has 164 valence electrons. The molecule has 1 unspecified atom stereocenters. The van der Waals surface area contributed by atoms with E-state index in [0.717, 1.165) is 5.69 Å². The highest BCUT2D eigenvalue weighted by molar-refractivity contribution is 6.32. The van der Waals surface area contributed by atoms with E-state index in [0.29, 0.717) is 34.4 Å². The van der Waals surface area contributed by atoms with Crippen molar-refractivity contribution in [2.24, 2.45) is 4.99 Å². The number of hydrogen-bond donors (Lipinski definition) is 2. The number of nitrogens with zero attached hydrogens (tertiary/aromatic N) is 4. The van der Waals surface area contributed by atoms with Gasteiger partial charge in [0.2, 0.25) is 5.90 Å². The SMILES string of the molecule is COC(=O)C1COC(c2c(N)ncnc2Nc2ccc(OCc3ccccn3)c(Cl)c2)=N1. The molecule has 3 heterocycles. The zero-order chi connectivity index (χ0) is 22.5. The van der Waals surface area contributed by atoms with E-state index in [2.05, 4.69) is 25.3 Å². The predicted molar refractivity (Wildman–Crippen MR) is 118 cm³/mol. The Hall–Kier alpha value is -3.92. The van der Waals surface area contributed by atoms with E-state index in [1.165, 1.54) is 13.4 Å². The number of ether oxygens (including phenoxy) is 3. The average molecular weight is 455 g/mol. The molecule has 2 aromatic heterocycles. The van der Waals surface area contributed by atoms with Gasteiger partial charge in [-0.3, -0.25) is 4.98 Å². The van der Waals surface area contributed by atoms with Crippen LogP contribution in [-0.2, 0) is 20.9 Å². The second-order valence-electron chi connectivity index (χ2n) is 6.65. The number of anilines is 3. The van der Waals surface area contributed by atoms with E-state index in [-0.39, 0.29) is 18.3 Å². The molecule has 1 aromatic carbocycles. The molecule has 1 aliphatic heterocycles. The van der Waals surface area contributed by atoms with Gasteiger partial charge in [0, 0.05) is 11.9 Å². The van der Waals surface area contributed by atoms with Crippen LogP contribution in [0.4, 0.5) is 17.3 Å². The normalized spacial score (nSPS) is 14.9. The lowest BCUT2D eigenvalue weighted by Gasteiger charge is -2.13. The van der Waals surface area contributed by atoms with Crippen molar-refractivity contribution in [2.45, 2.75) is 12.6 Å². The van der Waals surface area contributed by atoms with Crippen LogP contribution in [0.15, 0.2) is 53.9 Å². The molecule has 11 heteroatoms. The van der Waals surface area contributed by atoms with Crippen LogP contribution < -0.4 is 15.8 Å². The van der Waals surface area contributed by atoms with Crippen molar-refractivity contribution < 1.29 is 19.0 Å². The van der Waals surface area contributed by atoms with Crippen molar-refractivity contribution in [3.8, 4) is 5.75 Å². The van der Waals surface area contributed by atoms with E-state index >= 15 is 0 Å². The Labute approximate surface area is 188 Å². The third kappa shape index (κ3) is 4.70. The van der Waals surface area contributed by atoms with E-state index in [1.807, 2.05) is 18.2 Å². The highest BCUT2D eigenvalue weighted by Crippen LogP contribution is 2.31. The van der Waals surface area contributed by atoms with Gasteiger partial charge in [-0.25, -0.2) is 19.8 Å². The summed E-state index contributed by atoms with van der Waals surface area (Å²) >= 11 is 6.39. The molecule has 32 heavy (non-hydrogen) atoms. The molecule has 0 aliphatic carbocycles. The van der Waals surface area contributed by atoms with Crippen molar-refractivity contribution >= 4 is 40.8 Å². The number of pyridine rings is 1. The van der Waals surface area contributed by atoms with Crippen LogP contribution in [0.1, 0.15) is 11.3 Å². The number of hydrogen-bond acceptors (Lipinski definition) is 10. The first kappa shape index (κ1) is 21.3. The summed E-state index contributed by atoms with van der Waals surface area (Å²) in [6, 6.07) is 10.0. The summed E-state index contributed by atoms with van der Waals surface area (Å²) in [7, 11) is 1.29. The van der Waals surface area contributed by atoms with Crippen LogP contribution >= 0.6 is 11.6 Å². The van der Waals surface area contributed by atoms with Gasteiger partial charge < -0.3 is 25.3 Å². The minimum atomic E-state index is -0.771. The van der Waals surface area contributed by atoms with Crippen LogP contribution in [0.5, 0.6) is 5.75 Å². The Morgan fingerprint density at radius 2 is 2.16 bits per heavy atom. The number of nitrogens with one attached hydrogen (secondary N) is 1. The van der Waals surface area contributed by atoms with E-state index < -0.39 is 12.0 Å². The number of halogens is 1. The molecule has 10 nitrogen and oxygen atoms in total. The first-order valence-corrected chi connectivity index (χ1v) is 9.91. The summed E-state index contributed by atoms with van der Waals surface area (Å²) in [5, 5.41) is 3.53. The lowest BCUT2D eigenvalue weighted by Crippen LogP contribution is -2.21. The Morgan fingerprint density at radius 3 is 2.91 bits per heavy atom. The van der Waals surface area contributed by atoms with Crippen LogP contribution in [0.3, 0.4) is 0 Å². The summed E-state index contributed by atoms with van der Waals surface area (Å²) in [4.78, 5) is 28.4. The highest BCUT2D eigenvalue weighted by Gasteiger charge is 2.30. The van der Waals surface area contributed by atoms with E-state index in [4.69, 9.17) is 31.5 Å². The third-order valence-electron chi connectivity index (χ3n) is 4.51. The largest absolute Gasteiger partial charge is 0.486 e. The molecule has 0 bridgehead atoms. The number of esters is 1. The number of rotatable bonds is 7. The maximum Gasteiger partial charge on any atom is 0.334 e. The van der Waals surface area contributed by atoms with E-state index in [1.54, 1.807) is 24.4 Å². The molecule has 1 atom stereocenters. The van der Waals surface area contributed by atoms with Crippen molar-refractivity contribution in [1.29, 1.82) is 0 Å². The maximum absolute atomic E-state index is 11.7. The molecule has 4 rings (SSSR count). The van der Waals surface area contributed by atoms with E-state index in [9.17, 15) is 4.79 Å². The van der Waals surface area contributed by atoms with Gasteiger partial charge >= 0.3 is 5.97 Å². The minimum Gasteiger partial charge on any atom is -0.486 e. The molecule has 1 aliphatic rings. The lowest BCUT2D eigenvalue weighted by atomic mass is 10.2. The molecule has 0 fully saturated rings. The summed E-state index contributed by atoms with van der Waals surface area (Å²) in [6.45, 7) is 0.336. The van der Waals surface area contributed by atoms with Crippen molar-refractivity contribution in [3.63, 3.8) is 0 Å². The first-order valence-electron chi connectivity index (χ1n) is 9.53. The van der Waals surface area contributed by atoms with Gasteiger partial charge in [-0.15, -0.1) is 0 Å². The van der Waals surface area contributed by atoms with Gasteiger partial charge in [-0.05, 0) is 30.3 Å². The zero-order valence-electron chi connectivity index (χ0n) is 17.0. The predicted octanol–water partition coefficient (Wildman–Crippen LogP) is 2.75. The fraction of sp³-hybridized carbons (Fsp3) is 0.190. The van der Waals surface area contributed by atoms with Crippen molar-refractivity contribution in [3.05, 3.63) is 65.2 Å². The molecule has 0 saturated carbocycles. The molecular formula is C21H19ClN6O4. The van der Waals surface area contributed by atoms with Crippen LogP contribution in [0.2, 0.25) is 5.02 Å². The minimum absolute atomic E-state index is 0.0456. The maximum atomic E-state index is 11.7. The molecule has 3 aromatic rings. The molecule has 0 radical (unpaired) electrons. The molecule has 0 spiro atoms. The summed E-state index contributed by atoms with van der Waals surface area (Å²) in [5.41, 5.74) is 7.79. The Kier molecular flexibility index (Phi) is 6.31. The first-order chi connectivity index (χ1) is 15.5. The Morgan fingerprint density at radius 1 is 1.28 bits per heavy atom. The monoisotopic (exact) mass is 454 g/mol. The van der Waals surface area contributed by atoms with Crippen molar-refractivity contribution in [2.75, 3.05) is 24.8 Å². The number of aliphatic imine (C=N–C) groups is 1. The van der Waals surface area contributed by atoms with Crippen LogP contribution in [-0.4, -0.2) is 46.6 Å². The van der Waals surface area contributed by atoms with Gasteiger partial charge in [-0.1, -0.05) is 17.7 Å². The Balaban J connectivity index is 1.53. The number of aromatic nitrogens is 3. The molecule has 3 N–H and O–H groups in total. The standard InChI is InChI=1S/C21H19ClN6O4/c1-30-21(29)15-10-32-20(28-15)17-18(23)25-11-26-19(17)27-12-5-6-16(14(22)8-12)31-9-13-4-2-3-7-24-13/h2-8,11,15H,9-10H2,1H3,(H3,23,25,26,27). The van der Waals surface area contributed by atoms with Gasteiger partial charge in [0.25, 0.3) is 0 Å². The van der Waals surface area contributed by atoms with Crippen molar-refractivity contribution in [1.82, 2.24) is 15.0 Å². The number of carbonyl (C=O) groups excluding carboxylic acids is 1. The molecule has 0 amide bonds. The zero-order valence-corrected chi connectivity index (χ0v) is 17.7. The number of benzene rings is 1.